The van der Waals surface area contributed by atoms with Crippen LogP contribution in [-0.2, 0) is 13.1 Å². The first kappa shape index (κ1) is 15.1. The maximum absolute atomic E-state index is 13.4. The smallest absolute Gasteiger partial charge is 0.164 e. The lowest BCUT2D eigenvalue weighted by Gasteiger charge is -2.19. The number of aromatic nitrogens is 3. The van der Waals surface area contributed by atoms with Crippen LogP contribution in [-0.4, -0.2) is 20.3 Å². The van der Waals surface area contributed by atoms with Crippen molar-refractivity contribution in [2.45, 2.75) is 39.4 Å². The molecule has 2 aromatic rings. The molecule has 1 N–H and O–H groups in total. The Labute approximate surface area is 126 Å². The van der Waals surface area contributed by atoms with E-state index in [-0.39, 0.29) is 11.4 Å². The number of benzene rings is 1. The quantitative estimate of drug-likeness (QED) is 0.929. The molecule has 0 aliphatic carbocycles. The fourth-order valence-corrected chi connectivity index (χ4v) is 2.07. The molecule has 0 aliphatic heterocycles. The topological polar surface area (TPSA) is 42.7 Å². The van der Waals surface area contributed by atoms with Crippen molar-refractivity contribution in [3.8, 4) is 0 Å². The van der Waals surface area contributed by atoms with E-state index >= 15 is 0 Å². The van der Waals surface area contributed by atoms with Crippen molar-refractivity contribution >= 4 is 15.9 Å². The molecular weight excluding hydrogens is 323 g/mol. The van der Waals surface area contributed by atoms with Crippen LogP contribution in [0.1, 0.15) is 32.2 Å². The van der Waals surface area contributed by atoms with E-state index in [0.717, 1.165) is 11.4 Å². The van der Waals surface area contributed by atoms with Gasteiger partial charge in [0.2, 0.25) is 0 Å². The van der Waals surface area contributed by atoms with Crippen molar-refractivity contribution in [2.75, 3.05) is 0 Å². The molecular formula is C14H18BrFN4. The van der Waals surface area contributed by atoms with E-state index in [2.05, 4.69) is 52.1 Å². The third kappa shape index (κ3) is 4.11. The van der Waals surface area contributed by atoms with Gasteiger partial charge in [0.25, 0.3) is 0 Å². The number of hydrogen-bond donors (Lipinski definition) is 1. The van der Waals surface area contributed by atoms with Gasteiger partial charge in [-0.05, 0) is 48.3 Å². The van der Waals surface area contributed by atoms with Crippen molar-refractivity contribution in [3.05, 3.63) is 46.2 Å². The van der Waals surface area contributed by atoms with Crippen LogP contribution in [0.25, 0.3) is 0 Å². The first-order chi connectivity index (χ1) is 9.35. The first-order valence-corrected chi connectivity index (χ1v) is 7.21. The number of nitrogens with zero attached hydrogens (tertiary/aromatic N) is 3. The second-order valence-corrected chi connectivity index (χ2v) is 6.47. The van der Waals surface area contributed by atoms with Crippen LogP contribution < -0.4 is 5.32 Å². The van der Waals surface area contributed by atoms with Gasteiger partial charge in [0.05, 0.1) is 17.6 Å². The second-order valence-electron chi connectivity index (χ2n) is 5.67. The van der Waals surface area contributed by atoms with E-state index < -0.39 is 0 Å². The minimum atomic E-state index is -0.266. The standard InChI is InChI=1S/C14H18BrFN4/c1-14(2,3)18-7-12-17-9-20(19-12)8-10-5-4-6-11(16)13(10)15/h4-6,9,18H,7-8H2,1-3H3. The highest BCUT2D eigenvalue weighted by Crippen LogP contribution is 2.20. The van der Waals surface area contributed by atoms with Crippen LogP contribution in [0.4, 0.5) is 4.39 Å². The Kier molecular flexibility index (Phi) is 4.55. The first-order valence-electron chi connectivity index (χ1n) is 6.41. The predicted octanol–water partition coefficient (Wildman–Crippen LogP) is 3.12. The number of halogens is 2. The van der Waals surface area contributed by atoms with Gasteiger partial charge in [0, 0.05) is 5.54 Å². The molecule has 6 heteroatoms. The summed E-state index contributed by atoms with van der Waals surface area (Å²) in [7, 11) is 0. The largest absolute Gasteiger partial charge is 0.305 e. The maximum atomic E-state index is 13.4. The zero-order valence-electron chi connectivity index (χ0n) is 11.8. The van der Waals surface area contributed by atoms with Crippen molar-refractivity contribution in [3.63, 3.8) is 0 Å². The van der Waals surface area contributed by atoms with Crippen LogP contribution >= 0.6 is 15.9 Å². The third-order valence-corrected chi connectivity index (χ3v) is 3.61. The number of nitrogens with one attached hydrogen (secondary N) is 1. The van der Waals surface area contributed by atoms with Crippen LogP contribution in [0.5, 0.6) is 0 Å². The molecule has 0 atom stereocenters. The Morgan fingerprint density at radius 1 is 1.35 bits per heavy atom. The van der Waals surface area contributed by atoms with Crippen LogP contribution in [0.15, 0.2) is 29.0 Å². The van der Waals surface area contributed by atoms with E-state index in [9.17, 15) is 4.39 Å². The zero-order valence-corrected chi connectivity index (χ0v) is 13.4. The highest BCUT2D eigenvalue weighted by atomic mass is 79.9. The fourth-order valence-electron chi connectivity index (χ4n) is 1.68. The molecule has 2 rings (SSSR count). The lowest BCUT2D eigenvalue weighted by molar-refractivity contribution is 0.417. The molecule has 0 spiro atoms. The van der Waals surface area contributed by atoms with Gasteiger partial charge in [-0.2, -0.15) is 5.10 Å². The van der Waals surface area contributed by atoms with E-state index in [1.807, 2.05) is 6.07 Å². The Bertz CT molecular complexity index is 589. The summed E-state index contributed by atoms with van der Waals surface area (Å²) in [5, 5.41) is 7.71. The van der Waals surface area contributed by atoms with Gasteiger partial charge in [0.15, 0.2) is 5.82 Å². The van der Waals surface area contributed by atoms with E-state index in [1.165, 1.54) is 6.07 Å². The predicted molar refractivity (Wildman–Crippen MR) is 79.8 cm³/mol. The van der Waals surface area contributed by atoms with Gasteiger partial charge >= 0.3 is 0 Å². The monoisotopic (exact) mass is 340 g/mol. The van der Waals surface area contributed by atoms with E-state index in [4.69, 9.17) is 0 Å². The normalized spacial score (nSPS) is 11.8. The SMILES string of the molecule is CC(C)(C)NCc1ncn(Cc2cccc(F)c2Br)n1. The summed E-state index contributed by atoms with van der Waals surface area (Å²) in [6, 6.07) is 4.98. The summed E-state index contributed by atoms with van der Waals surface area (Å²) in [5.41, 5.74) is 0.863. The molecule has 0 aliphatic rings. The van der Waals surface area contributed by atoms with Gasteiger partial charge in [-0.1, -0.05) is 12.1 Å². The van der Waals surface area contributed by atoms with Crippen molar-refractivity contribution in [1.82, 2.24) is 20.1 Å². The molecule has 0 bridgehead atoms. The third-order valence-electron chi connectivity index (χ3n) is 2.72. The molecule has 1 aromatic heterocycles. The molecule has 1 aromatic carbocycles. The van der Waals surface area contributed by atoms with Crippen LogP contribution in [0, 0.1) is 5.82 Å². The second kappa shape index (κ2) is 6.01. The molecule has 0 fully saturated rings. The summed E-state index contributed by atoms with van der Waals surface area (Å²) < 4.78 is 15.6. The molecule has 0 amide bonds. The van der Waals surface area contributed by atoms with Gasteiger partial charge < -0.3 is 5.32 Å². The molecule has 0 saturated carbocycles. The summed E-state index contributed by atoms with van der Waals surface area (Å²) in [4.78, 5) is 4.25. The average Bonchev–Trinajstić information content (AvgIpc) is 2.80. The number of rotatable bonds is 4. The summed E-state index contributed by atoms with van der Waals surface area (Å²) >= 11 is 3.25. The molecule has 4 nitrogen and oxygen atoms in total. The van der Waals surface area contributed by atoms with Gasteiger partial charge in [-0.3, -0.25) is 0 Å². The zero-order chi connectivity index (χ0) is 14.8. The molecule has 0 saturated heterocycles. The molecule has 1 heterocycles. The van der Waals surface area contributed by atoms with E-state index in [1.54, 1.807) is 17.1 Å². The number of hydrogen-bond acceptors (Lipinski definition) is 3. The molecule has 0 unspecified atom stereocenters. The fraction of sp³-hybridized carbons (Fsp3) is 0.429. The lowest BCUT2D eigenvalue weighted by atomic mass is 10.1. The van der Waals surface area contributed by atoms with Crippen molar-refractivity contribution in [1.29, 1.82) is 0 Å². The minimum Gasteiger partial charge on any atom is -0.305 e. The Balaban J connectivity index is 2.04. The van der Waals surface area contributed by atoms with Crippen LogP contribution in [0.2, 0.25) is 0 Å². The van der Waals surface area contributed by atoms with Crippen molar-refractivity contribution in [2.24, 2.45) is 0 Å². The highest BCUT2D eigenvalue weighted by Gasteiger charge is 2.11. The van der Waals surface area contributed by atoms with Crippen LogP contribution in [0.3, 0.4) is 0 Å². The molecule has 0 radical (unpaired) electrons. The Morgan fingerprint density at radius 2 is 2.10 bits per heavy atom. The van der Waals surface area contributed by atoms with E-state index in [0.29, 0.717) is 17.6 Å². The Morgan fingerprint density at radius 3 is 2.80 bits per heavy atom. The summed E-state index contributed by atoms with van der Waals surface area (Å²) in [5.74, 6) is 0.463. The highest BCUT2D eigenvalue weighted by molar-refractivity contribution is 9.10. The lowest BCUT2D eigenvalue weighted by Crippen LogP contribution is -2.35. The summed E-state index contributed by atoms with van der Waals surface area (Å²) in [6.45, 7) is 7.37. The average molecular weight is 341 g/mol. The maximum Gasteiger partial charge on any atom is 0.164 e. The van der Waals surface area contributed by atoms with Gasteiger partial charge in [-0.25, -0.2) is 14.1 Å². The van der Waals surface area contributed by atoms with Gasteiger partial charge in [0.1, 0.15) is 12.1 Å². The summed E-state index contributed by atoms with van der Waals surface area (Å²) in [6.07, 6.45) is 1.66. The molecule has 20 heavy (non-hydrogen) atoms. The molecule has 108 valence electrons. The Hall–Kier alpha value is -1.27. The minimum absolute atomic E-state index is 0.0248. The van der Waals surface area contributed by atoms with Crippen molar-refractivity contribution < 1.29 is 4.39 Å². The van der Waals surface area contributed by atoms with Gasteiger partial charge in [-0.15, -0.1) is 0 Å².